The number of benzene rings is 1. The minimum Gasteiger partial charge on any atom is -0.351 e. The van der Waals surface area contributed by atoms with Crippen molar-refractivity contribution in [1.82, 2.24) is 15.5 Å². The lowest BCUT2D eigenvalue weighted by atomic mass is 10.1. The maximum absolute atomic E-state index is 13.1. The number of carbonyl (C=O) groups is 1. The van der Waals surface area contributed by atoms with Crippen molar-refractivity contribution in [3.05, 3.63) is 35.1 Å². The molecule has 1 saturated heterocycles. The smallest absolute Gasteiger partial charge is 0.238 e. The summed E-state index contributed by atoms with van der Waals surface area (Å²) in [5.41, 5.74) is 1.51. The zero-order valence-electron chi connectivity index (χ0n) is 11.4. The molecule has 2 rings (SSSR count). The van der Waals surface area contributed by atoms with E-state index in [4.69, 9.17) is 0 Å². The topological polar surface area (TPSA) is 44.4 Å². The van der Waals surface area contributed by atoms with Crippen LogP contribution in [0.5, 0.6) is 0 Å². The molecule has 0 aromatic heterocycles. The van der Waals surface area contributed by atoms with E-state index in [9.17, 15) is 9.18 Å². The van der Waals surface area contributed by atoms with Gasteiger partial charge in [-0.2, -0.15) is 0 Å². The third-order valence-electron chi connectivity index (χ3n) is 3.38. The van der Waals surface area contributed by atoms with Gasteiger partial charge in [-0.3, -0.25) is 4.79 Å². The predicted molar refractivity (Wildman–Crippen MR) is 72.3 cm³/mol. The van der Waals surface area contributed by atoms with Crippen LogP contribution in [0.25, 0.3) is 0 Å². The second-order valence-corrected chi connectivity index (χ2v) is 5.07. The minimum absolute atomic E-state index is 0.00599. The van der Waals surface area contributed by atoms with Gasteiger partial charge in [0.1, 0.15) is 5.82 Å². The van der Waals surface area contributed by atoms with Gasteiger partial charge in [0, 0.05) is 26.2 Å². The first-order valence-electron chi connectivity index (χ1n) is 6.51. The normalized spacial score (nSPS) is 20.3. The summed E-state index contributed by atoms with van der Waals surface area (Å²) < 4.78 is 13.1. The van der Waals surface area contributed by atoms with Crippen molar-refractivity contribution in [1.29, 1.82) is 0 Å². The lowest BCUT2D eigenvalue weighted by molar-refractivity contribution is -0.124. The first kappa shape index (κ1) is 14.0. The van der Waals surface area contributed by atoms with Crippen LogP contribution in [-0.2, 0) is 11.3 Å². The van der Waals surface area contributed by atoms with Crippen LogP contribution in [-0.4, -0.2) is 43.5 Å². The third-order valence-corrected chi connectivity index (χ3v) is 3.38. The van der Waals surface area contributed by atoms with Crippen LogP contribution < -0.4 is 10.6 Å². The van der Waals surface area contributed by atoms with Gasteiger partial charge in [-0.25, -0.2) is 4.39 Å². The molecule has 0 bridgehead atoms. The van der Waals surface area contributed by atoms with Crippen LogP contribution in [0.4, 0.5) is 4.39 Å². The van der Waals surface area contributed by atoms with Crippen LogP contribution >= 0.6 is 0 Å². The van der Waals surface area contributed by atoms with Crippen molar-refractivity contribution >= 4 is 5.91 Å². The van der Waals surface area contributed by atoms with E-state index >= 15 is 0 Å². The van der Waals surface area contributed by atoms with E-state index in [0.717, 1.165) is 18.7 Å². The first-order chi connectivity index (χ1) is 9.06. The molecule has 104 valence electrons. The molecule has 4 nitrogen and oxygen atoms in total. The molecule has 1 aliphatic rings. The number of aryl methyl sites for hydroxylation is 1. The molecule has 1 aromatic carbocycles. The predicted octanol–water partition coefficient (Wildman–Crippen LogP) is 0.654. The largest absolute Gasteiger partial charge is 0.351 e. The van der Waals surface area contributed by atoms with Crippen molar-refractivity contribution < 1.29 is 9.18 Å². The Morgan fingerprint density at radius 1 is 1.58 bits per heavy atom. The van der Waals surface area contributed by atoms with Crippen LogP contribution in [0.3, 0.4) is 0 Å². The molecule has 1 aliphatic heterocycles. The molecule has 1 amide bonds. The highest BCUT2D eigenvalue weighted by molar-refractivity contribution is 5.82. The molecule has 19 heavy (non-hydrogen) atoms. The van der Waals surface area contributed by atoms with Gasteiger partial charge in [-0.15, -0.1) is 0 Å². The van der Waals surface area contributed by atoms with Gasteiger partial charge in [-0.05, 0) is 31.2 Å². The van der Waals surface area contributed by atoms with Gasteiger partial charge in [0.05, 0.1) is 6.04 Å². The summed E-state index contributed by atoms with van der Waals surface area (Å²) >= 11 is 0. The summed E-state index contributed by atoms with van der Waals surface area (Å²) in [5.74, 6) is -0.223. The Morgan fingerprint density at radius 3 is 3.05 bits per heavy atom. The molecular formula is C14H20FN3O. The van der Waals surface area contributed by atoms with E-state index in [1.165, 1.54) is 6.07 Å². The van der Waals surface area contributed by atoms with Crippen molar-refractivity contribution in [2.45, 2.75) is 19.5 Å². The first-order valence-corrected chi connectivity index (χ1v) is 6.51. The lowest BCUT2D eigenvalue weighted by Crippen LogP contribution is -2.55. The molecule has 0 radical (unpaired) electrons. The second kappa shape index (κ2) is 6.12. The quantitative estimate of drug-likeness (QED) is 0.843. The molecular weight excluding hydrogens is 245 g/mol. The van der Waals surface area contributed by atoms with Crippen LogP contribution in [0.1, 0.15) is 11.1 Å². The molecule has 0 spiro atoms. The van der Waals surface area contributed by atoms with E-state index < -0.39 is 0 Å². The fraction of sp³-hybridized carbons (Fsp3) is 0.500. The molecule has 0 aliphatic carbocycles. The molecule has 1 fully saturated rings. The standard InChI is InChI=1S/C14H20FN3O/c1-10-7-11(3-4-12(10)15)8-17-14(19)13-9-18(2)6-5-16-13/h3-4,7,13,16H,5-6,8-9H2,1-2H3,(H,17,19). The number of rotatable bonds is 3. The van der Waals surface area contributed by atoms with Crippen molar-refractivity contribution in [2.75, 3.05) is 26.7 Å². The average molecular weight is 265 g/mol. The Labute approximate surface area is 113 Å². The fourth-order valence-corrected chi connectivity index (χ4v) is 2.20. The van der Waals surface area contributed by atoms with Gasteiger partial charge in [0.2, 0.25) is 5.91 Å². The SMILES string of the molecule is Cc1cc(CNC(=O)C2CN(C)CCN2)ccc1F. The van der Waals surface area contributed by atoms with Crippen molar-refractivity contribution in [3.8, 4) is 0 Å². The summed E-state index contributed by atoms with van der Waals surface area (Å²) in [4.78, 5) is 14.1. The molecule has 2 N–H and O–H groups in total. The Bertz CT molecular complexity index is 464. The maximum atomic E-state index is 13.1. The second-order valence-electron chi connectivity index (χ2n) is 5.07. The van der Waals surface area contributed by atoms with E-state index in [-0.39, 0.29) is 17.8 Å². The highest BCUT2D eigenvalue weighted by atomic mass is 19.1. The lowest BCUT2D eigenvalue weighted by Gasteiger charge is -2.29. The van der Waals surface area contributed by atoms with Gasteiger partial charge in [0.25, 0.3) is 0 Å². The summed E-state index contributed by atoms with van der Waals surface area (Å²) in [6.07, 6.45) is 0. The number of likely N-dealkylation sites (N-methyl/N-ethyl adjacent to an activating group) is 1. The third kappa shape index (κ3) is 3.75. The van der Waals surface area contributed by atoms with Gasteiger partial charge >= 0.3 is 0 Å². The number of hydrogen-bond donors (Lipinski definition) is 2. The molecule has 5 heteroatoms. The van der Waals surface area contributed by atoms with E-state index in [0.29, 0.717) is 18.7 Å². The number of hydrogen-bond acceptors (Lipinski definition) is 3. The van der Waals surface area contributed by atoms with E-state index in [1.807, 2.05) is 7.05 Å². The summed E-state index contributed by atoms with van der Waals surface area (Å²) in [5, 5.41) is 6.08. The molecule has 1 heterocycles. The van der Waals surface area contributed by atoms with Gasteiger partial charge in [0.15, 0.2) is 0 Å². The number of carbonyl (C=O) groups excluding carboxylic acids is 1. The fourth-order valence-electron chi connectivity index (χ4n) is 2.20. The maximum Gasteiger partial charge on any atom is 0.238 e. The number of amides is 1. The zero-order valence-corrected chi connectivity index (χ0v) is 11.4. The number of halogens is 1. The van der Waals surface area contributed by atoms with E-state index in [2.05, 4.69) is 15.5 Å². The van der Waals surface area contributed by atoms with Crippen LogP contribution in [0.2, 0.25) is 0 Å². The molecule has 1 aromatic rings. The Hall–Kier alpha value is -1.46. The van der Waals surface area contributed by atoms with Gasteiger partial charge in [-0.1, -0.05) is 12.1 Å². The Balaban J connectivity index is 1.87. The highest BCUT2D eigenvalue weighted by Gasteiger charge is 2.22. The number of nitrogens with one attached hydrogen (secondary N) is 2. The van der Waals surface area contributed by atoms with Crippen LogP contribution in [0.15, 0.2) is 18.2 Å². The Kier molecular flexibility index (Phi) is 4.50. The number of nitrogens with zero attached hydrogens (tertiary/aromatic N) is 1. The number of piperazine rings is 1. The Morgan fingerprint density at radius 2 is 2.37 bits per heavy atom. The van der Waals surface area contributed by atoms with Crippen molar-refractivity contribution in [2.24, 2.45) is 0 Å². The average Bonchev–Trinajstić information content (AvgIpc) is 2.40. The summed E-state index contributed by atoms with van der Waals surface area (Å²) in [6, 6.07) is 4.73. The molecule has 1 unspecified atom stereocenters. The van der Waals surface area contributed by atoms with Crippen LogP contribution in [0, 0.1) is 12.7 Å². The summed E-state index contributed by atoms with van der Waals surface area (Å²) in [7, 11) is 2.00. The monoisotopic (exact) mass is 265 g/mol. The highest BCUT2D eigenvalue weighted by Crippen LogP contribution is 2.09. The van der Waals surface area contributed by atoms with E-state index in [1.54, 1.807) is 19.1 Å². The zero-order chi connectivity index (χ0) is 13.8. The summed E-state index contributed by atoms with van der Waals surface area (Å²) in [6.45, 7) is 4.65. The van der Waals surface area contributed by atoms with Crippen molar-refractivity contribution in [3.63, 3.8) is 0 Å². The van der Waals surface area contributed by atoms with Gasteiger partial charge < -0.3 is 15.5 Å². The molecule has 1 atom stereocenters. The minimum atomic E-state index is -0.217. The molecule has 0 saturated carbocycles.